The normalized spacial score (nSPS) is 19.9. The van der Waals surface area contributed by atoms with Gasteiger partial charge in [-0.25, -0.2) is 0 Å². The summed E-state index contributed by atoms with van der Waals surface area (Å²) in [6, 6.07) is 0.641. The molecule has 0 spiro atoms. The lowest BCUT2D eigenvalue weighted by molar-refractivity contribution is 0.0204. The molecule has 1 aliphatic heterocycles. The van der Waals surface area contributed by atoms with Crippen molar-refractivity contribution < 1.29 is 4.74 Å². The van der Waals surface area contributed by atoms with E-state index in [1.807, 2.05) is 11.8 Å². The number of hydrogen-bond acceptors (Lipinski definition) is 4. The summed E-state index contributed by atoms with van der Waals surface area (Å²) >= 11 is 2.03. The van der Waals surface area contributed by atoms with Crippen molar-refractivity contribution in [1.29, 1.82) is 0 Å². The van der Waals surface area contributed by atoms with Crippen LogP contribution in [-0.4, -0.2) is 61.8 Å². The molecule has 0 aromatic heterocycles. The van der Waals surface area contributed by atoms with Gasteiger partial charge in [0.25, 0.3) is 0 Å². The molecule has 0 aromatic carbocycles. The molecule has 0 radical (unpaired) electrons. The van der Waals surface area contributed by atoms with Crippen LogP contribution in [0, 0.1) is 0 Å². The number of hydrogen-bond donors (Lipinski definition) is 1. The van der Waals surface area contributed by atoms with E-state index in [2.05, 4.69) is 24.1 Å². The maximum absolute atomic E-state index is 5.35. The molecule has 0 aromatic rings. The Balaban J connectivity index is 1.94. The zero-order chi connectivity index (χ0) is 11.6. The second kappa shape index (κ2) is 9.28. The first-order valence-electron chi connectivity index (χ1n) is 6.45. The monoisotopic (exact) mass is 246 g/mol. The molecule has 1 unspecified atom stereocenters. The molecule has 1 N–H and O–H groups in total. The van der Waals surface area contributed by atoms with E-state index in [4.69, 9.17) is 4.74 Å². The number of rotatable bonds is 8. The van der Waals surface area contributed by atoms with Crippen LogP contribution in [0.25, 0.3) is 0 Å². The van der Waals surface area contributed by atoms with E-state index in [1.54, 1.807) is 0 Å². The second-order valence-corrected chi connectivity index (χ2v) is 5.65. The van der Waals surface area contributed by atoms with Gasteiger partial charge in [0.1, 0.15) is 0 Å². The van der Waals surface area contributed by atoms with Crippen LogP contribution in [-0.2, 0) is 4.74 Å². The van der Waals surface area contributed by atoms with E-state index < -0.39 is 0 Å². The minimum Gasteiger partial charge on any atom is -0.379 e. The van der Waals surface area contributed by atoms with Gasteiger partial charge in [-0.2, -0.15) is 11.8 Å². The van der Waals surface area contributed by atoms with Gasteiger partial charge in [0.2, 0.25) is 0 Å². The van der Waals surface area contributed by atoms with Gasteiger partial charge >= 0.3 is 0 Å². The number of ether oxygens (including phenoxy) is 1. The van der Waals surface area contributed by atoms with Crippen LogP contribution in [0.3, 0.4) is 0 Å². The van der Waals surface area contributed by atoms with E-state index >= 15 is 0 Å². The highest BCUT2D eigenvalue weighted by atomic mass is 32.2. The molecule has 1 saturated heterocycles. The average Bonchev–Trinajstić information content (AvgIpc) is 2.34. The Morgan fingerprint density at radius 2 is 2.12 bits per heavy atom. The third kappa shape index (κ3) is 6.09. The Hall–Kier alpha value is 0.230. The van der Waals surface area contributed by atoms with Crippen LogP contribution in [0.5, 0.6) is 0 Å². The summed E-state index contributed by atoms with van der Waals surface area (Å²) in [7, 11) is 0. The summed E-state index contributed by atoms with van der Waals surface area (Å²) in [4.78, 5) is 2.51. The van der Waals surface area contributed by atoms with Gasteiger partial charge < -0.3 is 10.1 Å². The van der Waals surface area contributed by atoms with Gasteiger partial charge in [0, 0.05) is 25.7 Å². The molecule has 0 aliphatic carbocycles. The van der Waals surface area contributed by atoms with Gasteiger partial charge in [-0.1, -0.05) is 6.92 Å². The van der Waals surface area contributed by atoms with E-state index in [9.17, 15) is 0 Å². The Morgan fingerprint density at radius 1 is 1.38 bits per heavy atom. The summed E-state index contributed by atoms with van der Waals surface area (Å²) in [6.45, 7) is 10.8. The van der Waals surface area contributed by atoms with Gasteiger partial charge in [-0.15, -0.1) is 0 Å². The molecule has 4 heteroatoms. The zero-order valence-electron chi connectivity index (χ0n) is 10.7. The summed E-state index contributed by atoms with van der Waals surface area (Å²) in [6.07, 6.45) is 1.29. The topological polar surface area (TPSA) is 24.5 Å². The third-order valence-electron chi connectivity index (χ3n) is 2.96. The highest BCUT2D eigenvalue weighted by molar-refractivity contribution is 7.99. The predicted molar refractivity (Wildman–Crippen MR) is 72.3 cm³/mol. The maximum atomic E-state index is 5.35. The molecule has 1 fully saturated rings. The average molecular weight is 246 g/mol. The fourth-order valence-corrected chi connectivity index (χ4v) is 2.54. The number of thioether (sulfide) groups is 1. The summed E-state index contributed by atoms with van der Waals surface area (Å²) in [5.41, 5.74) is 0. The molecule has 0 bridgehead atoms. The van der Waals surface area contributed by atoms with Gasteiger partial charge in [0.15, 0.2) is 0 Å². The molecule has 0 saturated carbocycles. The van der Waals surface area contributed by atoms with Crippen molar-refractivity contribution >= 4 is 11.8 Å². The molecule has 3 nitrogen and oxygen atoms in total. The lowest BCUT2D eigenvalue weighted by Crippen LogP contribution is -2.46. The van der Waals surface area contributed by atoms with Gasteiger partial charge in [0.05, 0.1) is 13.2 Å². The van der Waals surface area contributed by atoms with Crippen LogP contribution >= 0.6 is 11.8 Å². The van der Waals surface area contributed by atoms with Crippen LogP contribution in [0.2, 0.25) is 0 Å². The lowest BCUT2D eigenvalue weighted by Gasteiger charge is -2.32. The molecule has 1 heterocycles. The first-order chi connectivity index (χ1) is 7.84. The van der Waals surface area contributed by atoms with Crippen molar-refractivity contribution in [1.82, 2.24) is 10.2 Å². The first kappa shape index (κ1) is 14.3. The smallest absolute Gasteiger partial charge is 0.0594 e. The van der Waals surface area contributed by atoms with Crippen LogP contribution in [0.1, 0.15) is 20.3 Å². The molecule has 1 aliphatic rings. The summed E-state index contributed by atoms with van der Waals surface area (Å²) in [5.74, 6) is 2.53. The fraction of sp³-hybridized carbons (Fsp3) is 1.00. The SMILES string of the molecule is CCSCCCNCC(C)N1CCOCC1. The van der Waals surface area contributed by atoms with E-state index in [1.165, 1.54) is 17.9 Å². The van der Waals surface area contributed by atoms with E-state index in [-0.39, 0.29) is 0 Å². The highest BCUT2D eigenvalue weighted by Gasteiger charge is 2.15. The van der Waals surface area contributed by atoms with Crippen LogP contribution in [0.15, 0.2) is 0 Å². The second-order valence-electron chi connectivity index (χ2n) is 4.25. The number of nitrogens with one attached hydrogen (secondary N) is 1. The van der Waals surface area contributed by atoms with Gasteiger partial charge in [-0.05, 0) is 31.4 Å². The maximum Gasteiger partial charge on any atom is 0.0594 e. The summed E-state index contributed by atoms with van der Waals surface area (Å²) in [5, 5.41) is 3.55. The quantitative estimate of drug-likeness (QED) is 0.655. The lowest BCUT2D eigenvalue weighted by atomic mass is 10.2. The Labute approximate surface area is 104 Å². The fourth-order valence-electron chi connectivity index (χ4n) is 1.90. The van der Waals surface area contributed by atoms with Crippen molar-refractivity contribution in [2.45, 2.75) is 26.3 Å². The largest absolute Gasteiger partial charge is 0.379 e. The van der Waals surface area contributed by atoms with Crippen molar-refractivity contribution in [3.63, 3.8) is 0 Å². The van der Waals surface area contributed by atoms with E-state index in [0.29, 0.717) is 6.04 Å². The van der Waals surface area contributed by atoms with Crippen molar-refractivity contribution in [3.8, 4) is 0 Å². The summed E-state index contributed by atoms with van der Waals surface area (Å²) < 4.78 is 5.35. The third-order valence-corrected chi connectivity index (χ3v) is 3.94. The van der Waals surface area contributed by atoms with Crippen molar-refractivity contribution in [2.75, 3.05) is 50.9 Å². The molecule has 96 valence electrons. The molecular weight excluding hydrogens is 220 g/mol. The van der Waals surface area contributed by atoms with Crippen LogP contribution < -0.4 is 5.32 Å². The zero-order valence-corrected chi connectivity index (χ0v) is 11.5. The first-order valence-corrected chi connectivity index (χ1v) is 7.60. The Morgan fingerprint density at radius 3 is 2.81 bits per heavy atom. The molecule has 0 amide bonds. The molecular formula is C12H26N2OS. The van der Waals surface area contributed by atoms with Crippen molar-refractivity contribution in [2.24, 2.45) is 0 Å². The Bertz CT molecular complexity index is 163. The minimum atomic E-state index is 0.641. The number of morpholine rings is 1. The van der Waals surface area contributed by atoms with Crippen LogP contribution in [0.4, 0.5) is 0 Å². The molecule has 1 atom stereocenters. The number of nitrogens with zero attached hydrogens (tertiary/aromatic N) is 1. The minimum absolute atomic E-state index is 0.641. The van der Waals surface area contributed by atoms with Gasteiger partial charge in [-0.3, -0.25) is 4.90 Å². The molecule has 1 rings (SSSR count). The van der Waals surface area contributed by atoms with Crippen molar-refractivity contribution in [3.05, 3.63) is 0 Å². The van der Waals surface area contributed by atoms with E-state index in [0.717, 1.165) is 39.4 Å². The molecule has 16 heavy (non-hydrogen) atoms. The standard InChI is InChI=1S/C12H26N2OS/c1-3-16-10-4-5-13-11-12(2)14-6-8-15-9-7-14/h12-13H,3-11H2,1-2H3. The predicted octanol–water partition coefficient (Wildman–Crippen LogP) is 1.44. The Kier molecular flexibility index (Phi) is 8.29. The highest BCUT2D eigenvalue weighted by Crippen LogP contribution is 2.03.